The average molecular weight is 385 g/mol. The third-order valence-electron chi connectivity index (χ3n) is 5.84. The summed E-state index contributed by atoms with van der Waals surface area (Å²) in [5.74, 6) is 2.02. The molecule has 0 unspecified atom stereocenters. The van der Waals surface area contributed by atoms with Crippen LogP contribution in [0.1, 0.15) is 24.8 Å². The summed E-state index contributed by atoms with van der Waals surface area (Å²) in [7, 11) is 1.73. The summed E-state index contributed by atoms with van der Waals surface area (Å²) in [6, 6.07) is 10.5. The van der Waals surface area contributed by atoms with Gasteiger partial charge >= 0.3 is 0 Å². The number of likely N-dealkylation sites (tertiary alicyclic amines) is 1. The van der Waals surface area contributed by atoms with Gasteiger partial charge in [0.25, 0.3) is 0 Å². The number of hydrogen-bond donors (Lipinski definition) is 0. The molecule has 0 N–H and O–H groups in total. The van der Waals surface area contributed by atoms with Gasteiger partial charge in [0.05, 0.1) is 7.11 Å². The summed E-state index contributed by atoms with van der Waals surface area (Å²) < 4.78 is 5.38. The zero-order chi connectivity index (χ0) is 18.7. The molecule has 2 aliphatic rings. The Labute approximate surface area is 166 Å². The van der Waals surface area contributed by atoms with Crippen molar-refractivity contribution in [3.8, 4) is 5.75 Å². The van der Waals surface area contributed by atoms with Crippen LogP contribution in [0.25, 0.3) is 0 Å². The molecule has 2 aromatic rings. The molecule has 0 aliphatic carbocycles. The van der Waals surface area contributed by atoms with E-state index in [9.17, 15) is 0 Å². The van der Waals surface area contributed by atoms with Crippen molar-refractivity contribution >= 4 is 17.6 Å². The summed E-state index contributed by atoms with van der Waals surface area (Å²) in [6.45, 7) is 5.55. The highest BCUT2D eigenvalue weighted by Crippen LogP contribution is 2.40. The Balaban J connectivity index is 1.43. The van der Waals surface area contributed by atoms with Crippen LogP contribution in [0.3, 0.4) is 0 Å². The fourth-order valence-electron chi connectivity index (χ4n) is 4.54. The molecule has 1 spiro atoms. The molecule has 0 radical (unpaired) electrons. The molecule has 0 saturated carbocycles. The van der Waals surface area contributed by atoms with Gasteiger partial charge in [-0.3, -0.25) is 4.90 Å². The Kier molecular flexibility index (Phi) is 5.55. The minimum absolute atomic E-state index is 0.390. The average Bonchev–Trinajstić information content (AvgIpc) is 3.11. The first kappa shape index (κ1) is 18.6. The number of hydrogen-bond acceptors (Lipinski definition) is 6. The van der Waals surface area contributed by atoms with Gasteiger partial charge in [0.2, 0.25) is 0 Å². The molecule has 0 amide bonds. The fraction of sp³-hybridized carbons (Fsp3) is 0.524. The van der Waals surface area contributed by atoms with Crippen LogP contribution in [-0.2, 0) is 6.54 Å². The lowest BCUT2D eigenvalue weighted by atomic mass is 9.79. The Bertz CT molecular complexity index is 786. The van der Waals surface area contributed by atoms with E-state index in [1.54, 1.807) is 18.9 Å². The van der Waals surface area contributed by atoms with Crippen molar-refractivity contribution in [1.29, 1.82) is 0 Å². The van der Waals surface area contributed by atoms with Crippen molar-refractivity contribution in [1.82, 2.24) is 14.9 Å². The first-order valence-electron chi connectivity index (χ1n) is 9.67. The molecule has 6 heteroatoms. The molecule has 2 saturated heterocycles. The minimum Gasteiger partial charge on any atom is -0.497 e. The SMILES string of the molecule is COc1cccc(CN2CCC[C@]3(CCN(c4ccnc(SC)n4)C3)C2)c1. The predicted molar refractivity (Wildman–Crippen MR) is 111 cm³/mol. The lowest BCUT2D eigenvalue weighted by Gasteiger charge is -2.40. The normalized spacial score (nSPS) is 23.1. The maximum absolute atomic E-state index is 5.38. The van der Waals surface area contributed by atoms with Crippen LogP contribution in [0.2, 0.25) is 0 Å². The van der Waals surface area contributed by atoms with Crippen LogP contribution >= 0.6 is 11.8 Å². The highest BCUT2D eigenvalue weighted by Gasteiger charge is 2.41. The van der Waals surface area contributed by atoms with Crippen molar-refractivity contribution in [2.24, 2.45) is 5.41 Å². The molecule has 1 atom stereocenters. The van der Waals surface area contributed by atoms with Crippen LogP contribution in [0, 0.1) is 5.41 Å². The quantitative estimate of drug-likeness (QED) is 0.578. The first-order chi connectivity index (χ1) is 13.2. The molecule has 5 nitrogen and oxygen atoms in total. The van der Waals surface area contributed by atoms with E-state index >= 15 is 0 Å². The molecule has 4 rings (SSSR count). The van der Waals surface area contributed by atoms with Crippen molar-refractivity contribution in [2.75, 3.05) is 44.4 Å². The third-order valence-corrected chi connectivity index (χ3v) is 6.41. The Hall–Kier alpha value is -1.79. The number of anilines is 1. The summed E-state index contributed by atoms with van der Waals surface area (Å²) in [6.07, 6.45) is 7.76. The Morgan fingerprint density at radius 1 is 1.19 bits per heavy atom. The zero-order valence-electron chi connectivity index (χ0n) is 16.2. The Morgan fingerprint density at radius 3 is 2.96 bits per heavy atom. The highest BCUT2D eigenvalue weighted by molar-refractivity contribution is 7.98. The number of piperidine rings is 1. The monoisotopic (exact) mass is 384 g/mol. The number of nitrogens with zero attached hydrogens (tertiary/aromatic N) is 4. The van der Waals surface area contributed by atoms with Crippen LogP contribution in [0.5, 0.6) is 5.75 Å². The van der Waals surface area contributed by atoms with Gasteiger partial charge < -0.3 is 9.64 Å². The molecular weight excluding hydrogens is 356 g/mol. The van der Waals surface area contributed by atoms with Gasteiger partial charge in [0.15, 0.2) is 5.16 Å². The summed E-state index contributed by atoms with van der Waals surface area (Å²) >= 11 is 1.61. The fourth-order valence-corrected chi connectivity index (χ4v) is 4.90. The molecule has 2 aliphatic heterocycles. The summed E-state index contributed by atoms with van der Waals surface area (Å²) in [5, 5.41) is 0.858. The molecule has 144 valence electrons. The van der Waals surface area contributed by atoms with Crippen LogP contribution in [0.4, 0.5) is 5.82 Å². The van der Waals surface area contributed by atoms with Crippen molar-refractivity contribution in [3.63, 3.8) is 0 Å². The van der Waals surface area contributed by atoms with Gasteiger partial charge in [-0.05, 0) is 55.8 Å². The van der Waals surface area contributed by atoms with Crippen LogP contribution in [-0.4, -0.2) is 54.4 Å². The van der Waals surface area contributed by atoms with Crippen molar-refractivity contribution < 1.29 is 4.74 Å². The van der Waals surface area contributed by atoms with Gasteiger partial charge in [-0.25, -0.2) is 9.97 Å². The van der Waals surface area contributed by atoms with Crippen LogP contribution < -0.4 is 9.64 Å². The molecule has 1 aromatic carbocycles. The maximum Gasteiger partial charge on any atom is 0.189 e. The number of benzene rings is 1. The lowest BCUT2D eigenvalue weighted by molar-refractivity contribution is 0.0991. The summed E-state index contributed by atoms with van der Waals surface area (Å²) in [5.41, 5.74) is 1.73. The Morgan fingerprint density at radius 2 is 2.11 bits per heavy atom. The van der Waals surface area contributed by atoms with Crippen molar-refractivity contribution in [3.05, 3.63) is 42.1 Å². The van der Waals surface area contributed by atoms with Gasteiger partial charge in [0, 0.05) is 37.8 Å². The van der Waals surface area contributed by atoms with Crippen LogP contribution in [0.15, 0.2) is 41.7 Å². The number of aromatic nitrogens is 2. The summed E-state index contributed by atoms with van der Waals surface area (Å²) in [4.78, 5) is 14.1. The minimum atomic E-state index is 0.390. The van der Waals surface area contributed by atoms with E-state index in [1.807, 2.05) is 18.5 Å². The topological polar surface area (TPSA) is 41.5 Å². The largest absolute Gasteiger partial charge is 0.497 e. The van der Waals surface area contributed by atoms with Crippen molar-refractivity contribution in [2.45, 2.75) is 31.0 Å². The van der Waals surface area contributed by atoms with Gasteiger partial charge in [0.1, 0.15) is 11.6 Å². The number of ether oxygens (including phenoxy) is 1. The molecular formula is C21H28N4OS. The molecule has 0 bridgehead atoms. The number of thioether (sulfide) groups is 1. The molecule has 2 fully saturated rings. The molecule has 27 heavy (non-hydrogen) atoms. The van der Waals surface area contributed by atoms with E-state index in [0.29, 0.717) is 5.41 Å². The highest BCUT2D eigenvalue weighted by atomic mass is 32.2. The predicted octanol–water partition coefficient (Wildman–Crippen LogP) is 3.70. The van der Waals surface area contributed by atoms with E-state index in [0.717, 1.165) is 36.4 Å². The van der Waals surface area contributed by atoms with E-state index in [1.165, 1.54) is 37.9 Å². The second kappa shape index (κ2) is 8.07. The number of methoxy groups -OCH3 is 1. The van der Waals surface area contributed by atoms with Gasteiger partial charge in [-0.1, -0.05) is 23.9 Å². The van der Waals surface area contributed by atoms with E-state index in [2.05, 4.69) is 39.0 Å². The second-order valence-electron chi connectivity index (χ2n) is 7.74. The third kappa shape index (κ3) is 4.22. The second-order valence-corrected chi connectivity index (χ2v) is 8.51. The molecule has 1 aromatic heterocycles. The zero-order valence-corrected chi connectivity index (χ0v) is 17.0. The standard InChI is InChI=1S/C21H28N4OS/c1-26-18-6-3-5-17(13-18)14-24-11-4-8-21(15-24)9-12-25(16-21)19-7-10-22-20(23-19)27-2/h3,5-7,10,13H,4,8-9,11-12,14-16H2,1-2H3/t21-/m0/s1. The first-order valence-corrected chi connectivity index (χ1v) is 10.9. The van der Waals surface area contributed by atoms with Gasteiger partial charge in [-0.15, -0.1) is 0 Å². The smallest absolute Gasteiger partial charge is 0.189 e. The van der Waals surface area contributed by atoms with E-state index in [-0.39, 0.29) is 0 Å². The molecule has 3 heterocycles. The maximum atomic E-state index is 5.38. The van der Waals surface area contributed by atoms with E-state index in [4.69, 9.17) is 9.72 Å². The number of rotatable bonds is 5. The lowest BCUT2D eigenvalue weighted by Crippen LogP contribution is -2.44. The van der Waals surface area contributed by atoms with Gasteiger partial charge in [-0.2, -0.15) is 0 Å². The van der Waals surface area contributed by atoms with E-state index < -0.39 is 0 Å².